The Labute approximate surface area is 154 Å². The third-order valence-electron chi connectivity index (χ3n) is 3.85. The monoisotopic (exact) mass is 378 g/mol. The number of halogens is 2. The summed E-state index contributed by atoms with van der Waals surface area (Å²) < 4.78 is 6.72. The van der Waals surface area contributed by atoms with Crippen molar-refractivity contribution >= 4 is 40.1 Å². The van der Waals surface area contributed by atoms with E-state index in [4.69, 9.17) is 27.9 Å². The lowest BCUT2D eigenvalue weighted by molar-refractivity contribution is 0.0516. The highest BCUT2D eigenvalue weighted by Gasteiger charge is 2.24. The van der Waals surface area contributed by atoms with Gasteiger partial charge in [0.1, 0.15) is 0 Å². The number of rotatable bonds is 5. The Bertz CT molecular complexity index is 923. The quantitative estimate of drug-likeness (QED) is 0.525. The van der Waals surface area contributed by atoms with Crippen LogP contribution in [0.4, 0.5) is 0 Å². The van der Waals surface area contributed by atoms with E-state index >= 15 is 0 Å². The van der Waals surface area contributed by atoms with E-state index in [2.05, 4.69) is 4.98 Å². The molecule has 3 aromatic rings. The number of pyridine rings is 1. The van der Waals surface area contributed by atoms with Crippen LogP contribution in [0.5, 0.6) is 5.75 Å². The second kappa shape index (κ2) is 7.33. The smallest absolute Gasteiger partial charge is 0.360 e. The Morgan fingerprint density at radius 2 is 2.00 bits per heavy atom. The maximum Gasteiger partial charge on any atom is 0.360 e. The lowest BCUT2D eigenvalue weighted by Crippen LogP contribution is -2.08. The molecule has 0 aliphatic rings. The first kappa shape index (κ1) is 17.6. The summed E-state index contributed by atoms with van der Waals surface area (Å²) in [5.74, 6) is -1.06. The van der Waals surface area contributed by atoms with Gasteiger partial charge in [0.2, 0.25) is 0 Å². The Morgan fingerprint density at radius 3 is 2.68 bits per heavy atom. The van der Waals surface area contributed by atoms with E-state index in [0.717, 1.165) is 12.0 Å². The molecule has 0 unspecified atom stereocenters. The highest BCUT2D eigenvalue weighted by atomic mass is 35.5. The number of benzene rings is 1. The second-order valence-electron chi connectivity index (χ2n) is 5.45. The van der Waals surface area contributed by atoms with E-state index in [-0.39, 0.29) is 23.2 Å². The molecule has 0 fully saturated rings. The molecule has 3 rings (SSSR count). The normalized spacial score (nSPS) is 11.0. The minimum Gasteiger partial charge on any atom is -0.505 e. The number of carbonyl (C=O) groups excluding carboxylic acids is 1. The van der Waals surface area contributed by atoms with Gasteiger partial charge in [-0.25, -0.2) is 9.78 Å². The van der Waals surface area contributed by atoms with Crippen LogP contribution in [0.15, 0.2) is 36.5 Å². The molecular formula is C18H16Cl2N2O3. The minimum absolute atomic E-state index is 0.0933. The fourth-order valence-electron chi connectivity index (χ4n) is 2.70. The molecule has 0 spiro atoms. The average molecular weight is 379 g/mol. The molecule has 0 atom stereocenters. The average Bonchev–Trinajstić information content (AvgIpc) is 2.94. The predicted octanol–water partition coefficient (Wildman–Crippen LogP) is 4.47. The number of aromatic nitrogens is 2. The molecule has 5 nitrogen and oxygen atoms in total. The van der Waals surface area contributed by atoms with Crippen LogP contribution in [0.2, 0.25) is 10.2 Å². The molecular weight excluding hydrogens is 363 g/mol. The van der Waals surface area contributed by atoms with E-state index in [9.17, 15) is 9.90 Å². The number of hydrogen-bond acceptors (Lipinski definition) is 4. The lowest BCUT2D eigenvalue weighted by Gasteiger charge is -2.09. The molecule has 25 heavy (non-hydrogen) atoms. The lowest BCUT2D eigenvalue weighted by atomic mass is 10.1. The van der Waals surface area contributed by atoms with Crippen molar-refractivity contribution in [3.63, 3.8) is 0 Å². The van der Waals surface area contributed by atoms with E-state index in [1.54, 1.807) is 13.1 Å². The Balaban J connectivity index is 2.02. The summed E-state index contributed by atoms with van der Waals surface area (Å²) >= 11 is 12.5. The Morgan fingerprint density at radius 1 is 1.28 bits per heavy atom. The first-order valence-electron chi connectivity index (χ1n) is 7.80. The molecule has 0 bridgehead atoms. The predicted molar refractivity (Wildman–Crippen MR) is 97.5 cm³/mol. The van der Waals surface area contributed by atoms with Crippen molar-refractivity contribution in [1.82, 2.24) is 9.55 Å². The number of hydrogen-bond donors (Lipinski definition) is 1. The van der Waals surface area contributed by atoms with Crippen LogP contribution in [-0.4, -0.2) is 27.2 Å². The first-order valence-corrected chi connectivity index (χ1v) is 8.56. The molecule has 1 aromatic carbocycles. The zero-order valence-electron chi connectivity index (χ0n) is 13.5. The van der Waals surface area contributed by atoms with Crippen LogP contribution in [0.1, 0.15) is 23.0 Å². The highest BCUT2D eigenvalue weighted by molar-refractivity contribution is 6.40. The standard InChI is InChI=1S/C18H16Cl2N2O3/c1-2-25-18(24)14-16(23)13-12(19)10-22(15(13)17(20)21-14)9-8-11-6-4-3-5-7-11/h3-7,10,23H,2,8-9H2,1H3. The van der Waals surface area contributed by atoms with Crippen molar-refractivity contribution in [2.75, 3.05) is 6.61 Å². The summed E-state index contributed by atoms with van der Waals surface area (Å²) in [6.07, 6.45) is 2.44. The van der Waals surface area contributed by atoms with E-state index in [1.165, 1.54) is 0 Å². The number of esters is 1. The number of fused-ring (bicyclic) bond motifs is 1. The van der Waals surface area contributed by atoms with Crippen LogP contribution in [0.3, 0.4) is 0 Å². The summed E-state index contributed by atoms with van der Waals surface area (Å²) in [4.78, 5) is 15.9. The number of ether oxygens (including phenoxy) is 1. The molecule has 2 heterocycles. The molecule has 0 saturated carbocycles. The van der Waals surface area contributed by atoms with Gasteiger partial charge in [-0.1, -0.05) is 53.5 Å². The molecule has 0 aliphatic heterocycles. The van der Waals surface area contributed by atoms with Gasteiger partial charge in [-0.3, -0.25) is 0 Å². The fraction of sp³-hybridized carbons (Fsp3) is 0.222. The van der Waals surface area contributed by atoms with Crippen molar-refractivity contribution in [3.05, 3.63) is 58.0 Å². The summed E-state index contributed by atoms with van der Waals surface area (Å²) in [6.45, 7) is 2.44. The van der Waals surface area contributed by atoms with E-state index in [1.807, 2.05) is 34.9 Å². The molecule has 0 radical (unpaired) electrons. The molecule has 7 heteroatoms. The van der Waals surface area contributed by atoms with Gasteiger partial charge in [0.25, 0.3) is 0 Å². The van der Waals surface area contributed by atoms with Crippen LogP contribution in [0.25, 0.3) is 10.9 Å². The van der Waals surface area contributed by atoms with Gasteiger partial charge < -0.3 is 14.4 Å². The summed E-state index contributed by atoms with van der Waals surface area (Å²) in [5, 5.41) is 11.1. The Hall–Kier alpha value is -2.24. The van der Waals surface area contributed by atoms with Gasteiger partial charge in [-0.2, -0.15) is 0 Å². The first-order chi connectivity index (χ1) is 12.0. The van der Waals surface area contributed by atoms with Gasteiger partial charge in [-0.05, 0) is 18.9 Å². The minimum atomic E-state index is -0.739. The molecule has 0 aliphatic carbocycles. The number of aryl methyl sites for hydroxylation is 2. The van der Waals surface area contributed by atoms with Gasteiger partial charge in [-0.15, -0.1) is 0 Å². The van der Waals surface area contributed by atoms with Crippen LogP contribution >= 0.6 is 23.2 Å². The van der Waals surface area contributed by atoms with Crippen molar-refractivity contribution < 1.29 is 14.6 Å². The second-order valence-corrected chi connectivity index (χ2v) is 6.22. The fourth-order valence-corrected chi connectivity index (χ4v) is 3.29. The molecule has 1 N–H and O–H groups in total. The van der Waals surface area contributed by atoms with Gasteiger partial charge in [0.05, 0.1) is 22.5 Å². The zero-order valence-corrected chi connectivity index (χ0v) is 15.0. The molecule has 0 saturated heterocycles. The molecule has 2 aromatic heterocycles. The topological polar surface area (TPSA) is 64.3 Å². The van der Waals surface area contributed by atoms with Crippen molar-refractivity contribution in [2.45, 2.75) is 19.9 Å². The van der Waals surface area contributed by atoms with Crippen molar-refractivity contribution in [2.24, 2.45) is 0 Å². The Kier molecular flexibility index (Phi) is 5.16. The number of nitrogens with zero attached hydrogens (tertiary/aromatic N) is 2. The van der Waals surface area contributed by atoms with Gasteiger partial charge >= 0.3 is 5.97 Å². The highest BCUT2D eigenvalue weighted by Crippen LogP contribution is 2.38. The van der Waals surface area contributed by atoms with Crippen LogP contribution in [0, 0.1) is 0 Å². The molecule has 0 amide bonds. The van der Waals surface area contributed by atoms with E-state index in [0.29, 0.717) is 22.5 Å². The maximum atomic E-state index is 11.9. The van der Waals surface area contributed by atoms with E-state index < -0.39 is 5.97 Å². The third kappa shape index (κ3) is 3.43. The number of carbonyl (C=O) groups is 1. The summed E-state index contributed by atoms with van der Waals surface area (Å²) in [6, 6.07) is 9.97. The largest absolute Gasteiger partial charge is 0.505 e. The summed E-state index contributed by atoms with van der Waals surface area (Å²) in [5.41, 5.74) is 1.42. The molecule has 130 valence electrons. The number of aromatic hydroxyl groups is 1. The van der Waals surface area contributed by atoms with Crippen LogP contribution in [-0.2, 0) is 17.7 Å². The SMILES string of the molecule is CCOC(=O)c1nc(Cl)c2c(c(Cl)cn2CCc2ccccc2)c1O. The maximum absolute atomic E-state index is 11.9. The van der Waals surface area contributed by atoms with Crippen molar-refractivity contribution in [1.29, 1.82) is 0 Å². The van der Waals surface area contributed by atoms with Crippen LogP contribution < -0.4 is 0 Å². The van der Waals surface area contributed by atoms with Gasteiger partial charge in [0.15, 0.2) is 16.6 Å². The van der Waals surface area contributed by atoms with Gasteiger partial charge in [0, 0.05) is 12.7 Å². The third-order valence-corrected chi connectivity index (χ3v) is 4.40. The summed E-state index contributed by atoms with van der Waals surface area (Å²) in [7, 11) is 0. The zero-order chi connectivity index (χ0) is 18.0. The van der Waals surface area contributed by atoms with Crippen molar-refractivity contribution in [3.8, 4) is 5.75 Å².